The molecule has 1 fully saturated rings. The molecule has 1 aliphatic rings. The van der Waals surface area contributed by atoms with Crippen LogP contribution in [0, 0.1) is 19.8 Å². The Labute approximate surface area is 130 Å². The summed E-state index contributed by atoms with van der Waals surface area (Å²) >= 11 is 0. The molecule has 0 aromatic heterocycles. The molecule has 0 aliphatic heterocycles. The maximum atomic E-state index is 12.0. The van der Waals surface area contributed by atoms with Gasteiger partial charge in [0.1, 0.15) is 5.75 Å². The number of amides is 1. The van der Waals surface area contributed by atoms with E-state index in [1.54, 1.807) is 0 Å². The number of aryl methyl sites for hydroxylation is 2. The van der Waals surface area contributed by atoms with E-state index in [2.05, 4.69) is 5.32 Å². The van der Waals surface area contributed by atoms with Crippen LogP contribution in [0.25, 0.3) is 0 Å². The van der Waals surface area contributed by atoms with Gasteiger partial charge in [-0.1, -0.05) is 18.2 Å². The Morgan fingerprint density at radius 1 is 1.18 bits per heavy atom. The first-order valence-corrected chi connectivity index (χ1v) is 7.68. The molecule has 0 heterocycles. The van der Waals surface area contributed by atoms with Crippen molar-refractivity contribution in [2.24, 2.45) is 5.92 Å². The minimum atomic E-state index is -0.733. The number of carboxylic acid groups (broad SMARTS) is 1. The van der Waals surface area contributed by atoms with Gasteiger partial charge in [-0.25, -0.2) is 0 Å². The molecule has 1 aromatic rings. The van der Waals surface area contributed by atoms with Crippen LogP contribution < -0.4 is 10.1 Å². The smallest absolute Gasteiger partial charge is 0.306 e. The van der Waals surface area contributed by atoms with Crippen LogP contribution in [-0.2, 0) is 9.59 Å². The fraction of sp³-hybridized carbons (Fsp3) is 0.529. The lowest BCUT2D eigenvalue weighted by molar-refractivity contribution is -0.142. The quantitative estimate of drug-likeness (QED) is 0.876. The second kappa shape index (κ2) is 7.29. The molecule has 0 radical (unpaired) electrons. The van der Waals surface area contributed by atoms with Crippen molar-refractivity contribution in [2.75, 3.05) is 6.61 Å². The average Bonchev–Trinajstić information content (AvgIpc) is 2.47. The van der Waals surface area contributed by atoms with Crippen LogP contribution >= 0.6 is 0 Å². The predicted molar refractivity (Wildman–Crippen MR) is 82.9 cm³/mol. The summed E-state index contributed by atoms with van der Waals surface area (Å²) in [4.78, 5) is 22.9. The van der Waals surface area contributed by atoms with E-state index >= 15 is 0 Å². The Bertz CT molecular complexity index is 527. The molecule has 0 bridgehead atoms. The molecule has 0 saturated heterocycles. The number of ether oxygens (including phenoxy) is 1. The number of aliphatic carboxylic acids is 1. The monoisotopic (exact) mass is 305 g/mol. The lowest BCUT2D eigenvalue weighted by atomic mass is 9.86. The Hall–Kier alpha value is -2.04. The van der Waals surface area contributed by atoms with E-state index < -0.39 is 5.97 Å². The van der Waals surface area contributed by atoms with E-state index in [0.717, 1.165) is 16.9 Å². The van der Waals surface area contributed by atoms with Crippen LogP contribution in [0.15, 0.2) is 18.2 Å². The number of carbonyl (C=O) groups is 2. The van der Waals surface area contributed by atoms with Gasteiger partial charge in [-0.15, -0.1) is 0 Å². The highest BCUT2D eigenvalue weighted by atomic mass is 16.5. The van der Waals surface area contributed by atoms with E-state index in [9.17, 15) is 9.59 Å². The van der Waals surface area contributed by atoms with E-state index in [1.165, 1.54) is 0 Å². The summed E-state index contributed by atoms with van der Waals surface area (Å²) in [6.07, 6.45) is 2.67. The molecule has 0 atom stereocenters. The Kier molecular flexibility index (Phi) is 5.41. The lowest BCUT2D eigenvalue weighted by Crippen LogP contribution is -2.41. The summed E-state index contributed by atoms with van der Waals surface area (Å²) in [5.41, 5.74) is 2.02. The van der Waals surface area contributed by atoms with Crippen LogP contribution in [0.3, 0.4) is 0 Å². The molecule has 5 nitrogen and oxygen atoms in total. The Balaban J connectivity index is 1.78. The molecule has 0 unspecified atom stereocenters. The molecule has 1 amide bonds. The Morgan fingerprint density at radius 2 is 1.77 bits per heavy atom. The van der Waals surface area contributed by atoms with Crippen LogP contribution in [-0.4, -0.2) is 29.6 Å². The zero-order chi connectivity index (χ0) is 16.1. The first-order chi connectivity index (χ1) is 10.5. The molecule has 1 aliphatic carbocycles. The minimum absolute atomic E-state index is 0.00937. The summed E-state index contributed by atoms with van der Waals surface area (Å²) in [6, 6.07) is 5.92. The molecular formula is C17H23NO4. The maximum Gasteiger partial charge on any atom is 0.306 e. The molecule has 5 heteroatoms. The second-order valence-electron chi connectivity index (χ2n) is 5.96. The number of hydrogen-bond acceptors (Lipinski definition) is 3. The third-order valence-electron chi connectivity index (χ3n) is 4.20. The highest BCUT2D eigenvalue weighted by Crippen LogP contribution is 2.25. The van der Waals surface area contributed by atoms with Gasteiger partial charge >= 0.3 is 5.97 Å². The summed E-state index contributed by atoms with van der Waals surface area (Å²) in [5, 5.41) is 11.9. The number of nitrogens with one attached hydrogen (secondary N) is 1. The third kappa shape index (κ3) is 4.23. The van der Waals surface area contributed by atoms with Gasteiger partial charge in [-0.05, 0) is 50.7 Å². The van der Waals surface area contributed by atoms with Crippen molar-refractivity contribution in [2.45, 2.75) is 45.6 Å². The third-order valence-corrected chi connectivity index (χ3v) is 4.20. The normalized spacial score (nSPS) is 21.2. The molecule has 0 spiro atoms. The first-order valence-electron chi connectivity index (χ1n) is 7.68. The minimum Gasteiger partial charge on any atom is -0.483 e. The van der Waals surface area contributed by atoms with Crippen LogP contribution in [0.1, 0.15) is 36.8 Å². The SMILES string of the molecule is Cc1cccc(C)c1OCC(=O)NC1CCC(C(=O)O)CC1. The molecule has 22 heavy (non-hydrogen) atoms. The maximum absolute atomic E-state index is 12.0. The number of rotatable bonds is 5. The van der Waals surface area contributed by atoms with Crippen molar-refractivity contribution in [3.63, 3.8) is 0 Å². The highest BCUT2D eigenvalue weighted by Gasteiger charge is 2.26. The summed E-state index contributed by atoms with van der Waals surface area (Å²) < 4.78 is 5.62. The van der Waals surface area contributed by atoms with Crippen molar-refractivity contribution in [1.82, 2.24) is 5.32 Å². The number of para-hydroxylation sites is 1. The zero-order valence-corrected chi connectivity index (χ0v) is 13.1. The standard InChI is InChI=1S/C17H23NO4/c1-11-4-3-5-12(2)16(11)22-10-15(19)18-14-8-6-13(7-9-14)17(20)21/h3-5,13-14H,6-10H2,1-2H3,(H,18,19)(H,20,21). The van der Waals surface area contributed by atoms with Gasteiger partial charge in [0.15, 0.2) is 6.61 Å². The topological polar surface area (TPSA) is 75.6 Å². The lowest BCUT2D eigenvalue weighted by Gasteiger charge is -2.26. The van der Waals surface area contributed by atoms with Gasteiger partial charge < -0.3 is 15.2 Å². The fourth-order valence-electron chi connectivity index (χ4n) is 2.92. The van der Waals surface area contributed by atoms with Crippen molar-refractivity contribution in [3.05, 3.63) is 29.3 Å². The molecule has 1 saturated carbocycles. The molecule has 120 valence electrons. The largest absolute Gasteiger partial charge is 0.483 e. The van der Waals surface area contributed by atoms with Gasteiger partial charge in [0.25, 0.3) is 5.91 Å². The second-order valence-corrected chi connectivity index (χ2v) is 5.96. The summed E-state index contributed by atoms with van der Waals surface area (Å²) in [7, 11) is 0. The summed E-state index contributed by atoms with van der Waals surface area (Å²) in [5.74, 6) is -0.393. The van der Waals surface area contributed by atoms with Crippen molar-refractivity contribution >= 4 is 11.9 Å². The molecule has 2 rings (SSSR count). The molecular weight excluding hydrogens is 282 g/mol. The summed E-state index contributed by atoms with van der Waals surface area (Å²) in [6.45, 7) is 3.89. The van der Waals surface area contributed by atoms with Gasteiger partial charge in [0.2, 0.25) is 0 Å². The first kappa shape index (κ1) is 16.3. The highest BCUT2D eigenvalue weighted by molar-refractivity contribution is 5.78. The average molecular weight is 305 g/mol. The number of benzene rings is 1. The van der Waals surface area contributed by atoms with Crippen LogP contribution in [0.5, 0.6) is 5.75 Å². The molecule has 2 N–H and O–H groups in total. The zero-order valence-electron chi connectivity index (χ0n) is 13.1. The molecule has 1 aromatic carbocycles. The van der Waals surface area contributed by atoms with Crippen LogP contribution in [0.2, 0.25) is 0 Å². The van der Waals surface area contributed by atoms with Gasteiger partial charge in [0, 0.05) is 6.04 Å². The van der Waals surface area contributed by atoms with Gasteiger partial charge in [-0.2, -0.15) is 0 Å². The van der Waals surface area contributed by atoms with E-state index in [-0.39, 0.29) is 24.5 Å². The Morgan fingerprint density at radius 3 is 2.32 bits per heavy atom. The van der Waals surface area contributed by atoms with Gasteiger partial charge in [-0.3, -0.25) is 9.59 Å². The van der Waals surface area contributed by atoms with Crippen molar-refractivity contribution in [1.29, 1.82) is 0 Å². The predicted octanol–water partition coefficient (Wildman–Crippen LogP) is 2.44. The van der Waals surface area contributed by atoms with E-state index in [4.69, 9.17) is 9.84 Å². The fourth-order valence-corrected chi connectivity index (χ4v) is 2.92. The van der Waals surface area contributed by atoms with Crippen LogP contribution in [0.4, 0.5) is 0 Å². The van der Waals surface area contributed by atoms with Gasteiger partial charge in [0.05, 0.1) is 5.92 Å². The number of carboxylic acids is 1. The van der Waals surface area contributed by atoms with E-state index in [0.29, 0.717) is 25.7 Å². The van der Waals surface area contributed by atoms with Crippen molar-refractivity contribution in [3.8, 4) is 5.75 Å². The number of carbonyl (C=O) groups excluding carboxylic acids is 1. The number of hydrogen-bond donors (Lipinski definition) is 2. The van der Waals surface area contributed by atoms with Crippen molar-refractivity contribution < 1.29 is 19.4 Å². The van der Waals surface area contributed by atoms with E-state index in [1.807, 2.05) is 32.0 Å².